The summed E-state index contributed by atoms with van der Waals surface area (Å²) >= 11 is 0. The summed E-state index contributed by atoms with van der Waals surface area (Å²) in [6, 6.07) is 7.76. The van der Waals surface area contributed by atoms with Gasteiger partial charge in [-0.15, -0.1) is 0 Å². The number of benzene rings is 1. The second-order valence-corrected chi connectivity index (χ2v) is 4.53. The summed E-state index contributed by atoms with van der Waals surface area (Å²) in [6.45, 7) is 7.18. The lowest BCUT2D eigenvalue weighted by atomic mass is 10.1. The maximum atomic E-state index is 11.7. The van der Waals surface area contributed by atoms with Crippen LogP contribution in [0, 0.1) is 0 Å². The fourth-order valence-electron chi connectivity index (χ4n) is 2.08. The van der Waals surface area contributed by atoms with Gasteiger partial charge in [-0.1, -0.05) is 24.3 Å². The van der Waals surface area contributed by atoms with Crippen molar-refractivity contribution in [2.75, 3.05) is 25.0 Å². The molecule has 1 amide bonds. The van der Waals surface area contributed by atoms with Crippen molar-refractivity contribution in [3.05, 3.63) is 36.4 Å². The van der Waals surface area contributed by atoms with Crippen LogP contribution in [0.4, 0.5) is 5.69 Å². The van der Waals surface area contributed by atoms with E-state index in [0.29, 0.717) is 6.54 Å². The molecule has 0 saturated carbocycles. The van der Waals surface area contributed by atoms with Crippen LogP contribution in [0.1, 0.15) is 6.92 Å². The summed E-state index contributed by atoms with van der Waals surface area (Å²) < 4.78 is 5.71. The molecular formula is C14H18N2O2. The number of carbonyl (C=O) groups excluding carboxylic acids is 1. The van der Waals surface area contributed by atoms with Gasteiger partial charge in [0.05, 0.1) is 12.2 Å². The monoisotopic (exact) mass is 246 g/mol. The summed E-state index contributed by atoms with van der Waals surface area (Å²) in [7, 11) is 1.62. The third-order valence-electron chi connectivity index (χ3n) is 2.86. The highest BCUT2D eigenvalue weighted by molar-refractivity contribution is 5.83. The van der Waals surface area contributed by atoms with E-state index < -0.39 is 6.10 Å². The second kappa shape index (κ2) is 5.12. The largest absolute Gasteiger partial charge is 0.477 e. The molecule has 4 nitrogen and oxygen atoms in total. The van der Waals surface area contributed by atoms with E-state index >= 15 is 0 Å². The Morgan fingerprint density at radius 3 is 2.94 bits per heavy atom. The Morgan fingerprint density at radius 1 is 1.56 bits per heavy atom. The second-order valence-electron chi connectivity index (χ2n) is 4.53. The number of hydrogen-bond donors (Lipinski definition) is 1. The van der Waals surface area contributed by atoms with E-state index in [9.17, 15) is 4.79 Å². The summed E-state index contributed by atoms with van der Waals surface area (Å²) in [5.41, 5.74) is 2.07. The van der Waals surface area contributed by atoms with Crippen molar-refractivity contribution < 1.29 is 9.53 Å². The number of hydrogen-bond acceptors (Lipinski definition) is 3. The van der Waals surface area contributed by atoms with Crippen LogP contribution in [0.25, 0.3) is 0 Å². The van der Waals surface area contributed by atoms with Crippen molar-refractivity contribution in [1.82, 2.24) is 5.32 Å². The van der Waals surface area contributed by atoms with E-state index in [1.807, 2.05) is 31.2 Å². The van der Waals surface area contributed by atoms with Crippen LogP contribution in [0.2, 0.25) is 0 Å². The highest BCUT2D eigenvalue weighted by Crippen LogP contribution is 2.33. The standard InChI is InChI=1S/C14H18N2O2/c1-10(2)8-16-9-13(14(17)15-3)18-12-7-5-4-6-11(12)16/h4-7,13H,1,8-9H2,2-3H3,(H,15,17)/t13-/m0/s1. The van der Waals surface area contributed by atoms with Crippen LogP contribution in [0.3, 0.4) is 0 Å². The molecule has 0 aromatic heterocycles. The first-order chi connectivity index (χ1) is 8.61. The Kier molecular flexibility index (Phi) is 3.55. The number of rotatable bonds is 3. The van der Waals surface area contributed by atoms with Gasteiger partial charge in [0.15, 0.2) is 6.10 Å². The van der Waals surface area contributed by atoms with Crippen LogP contribution in [0.5, 0.6) is 5.75 Å². The molecule has 1 aromatic carbocycles. The summed E-state index contributed by atoms with van der Waals surface area (Å²) in [4.78, 5) is 13.8. The molecule has 96 valence electrons. The van der Waals surface area contributed by atoms with Gasteiger partial charge in [0.1, 0.15) is 5.75 Å². The van der Waals surface area contributed by atoms with Crippen molar-refractivity contribution in [1.29, 1.82) is 0 Å². The minimum absolute atomic E-state index is 0.101. The van der Waals surface area contributed by atoms with Crippen molar-refractivity contribution in [3.63, 3.8) is 0 Å². The predicted octanol–water partition coefficient (Wildman–Crippen LogP) is 1.58. The topological polar surface area (TPSA) is 41.6 Å². The first-order valence-corrected chi connectivity index (χ1v) is 5.98. The third kappa shape index (κ3) is 2.47. The molecule has 4 heteroatoms. The van der Waals surface area contributed by atoms with Crippen molar-refractivity contribution in [2.24, 2.45) is 0 Å². The van der Waals surface area contributed by atoms with Crippen LogP contribution in [-0.2, 0) is 4.79 Å². The lowest BCUT2D eigenvalue weighted by molar-refractivity contribution is -0.127. The number of amides is 1. The molecule has 1 aliphatic rings. The Hall–Kier alpha value is -1.97. The Labute approximate surface area is 107 Å². The lowest BCUT2D eigenvalue weighted by Crippen LogP contribution is -2.48. The van der Waals surface area contributed by atoms with Crippen molar-refractivity contribution >= 4 is 11.6 Å². The maximum Gasteiger partial charge on any atom is 0.262 e. The van der Waals surface area contributed by atoms with Crippen LogP contribution in [0.15, 0.2) is 36.4 Å². The third-order valence-corrected chi connectivity index (χ3v) is 2.86. The van der Waals surface area contributed by atoms with Crippen LogP contribution in [-0.4, -0.2) is 32.1 Å². The van der Waals surface area contributed by atoms with E-state index in [0.717, 1.165) is 23.6 Å². The molecule has 0 saturated heterocycles. The molecule has 1 atom stereocenters. The molecule has 0 radical (unpaired) electrons. The lowest BCUT2D eigenvalue weighted by Gasteiger charge is -2.35. The molecule has 0 spiro atoms. The first kappa shape index (κ1) is 12.5. The van der Waals surface area contributed by atoms with Gasteiger partial charge < -0.3 is 15.0 Å². The van der Waals surface area contributed by atoms with E-state index in [2.05, 4.69) is 16.8 Å². The number of para-hydroxylation sites is 2. The summed E-state index contributed by atoms with van der Waals surface area (Å²) in [6.07, 6.45) is -0.468. The number of nitrogens with zero attached hydrogens (tertiary/aromatic N) is 1. The fraction of sp³-hybridized carbons (Fsp3) is 0.357. The van der Waals surface area contributed by atoms with Crippen molar-refractivity contribution in [3.8, 4) is 5.75 Å². The Bertz CT molecular complexity index is 471. The predicted molar refractivity (Wildman–Crippen MR) is 72.0 cm³/mol. The first-order valence-electron chi connectivity index (χ1n) is 5.98. The van der Waals surface area contributed by atoms with Gasteiger partial charge >= 0.3 is 0 Å². The number of nitrogens with one attached hydrogen (secondary N) is 1. The SMILES string of the molecule is C=C(C)CN1C[C@@H](C(=O)NC)Oc2ccccc21. The molecule has 2 rings (SSSR count). The van der Waals surface area contributed by atoms with Gasteiger partial charge in [-0.3, -0.25) is 4.79 Å². The normalized spacial score (nSPS) is 17.7. The number of carbonyl (C=O) groups is 1. The highest BCUT2D eigenvalue weighted by Gasteiger charge is 2.29. The summed E-state index contributed by atoms with van der Waals surface area (Å²) in [5, 5.41) is 2.63. The molecular weight excluding hydrogens is 228 g/mol. The minimum Gasteiger partial charge on any atom is -0.477 e. The van der Waals surface area contributed by atoms with Crippen molar-refractivity contribution in [2.45, 2.75) is 13.0 Å². The van der Waals surface area contributed by atoms with Gasteiger partial charge in [-0.05, 0) is 19.1 Å². The van der Waals surface area contributed by atoms with Gasteiger partial charge in [-0.25, -0.2) is 0 Å². The molecule has 0 unspecified atom stereocenters. The Morgan fingerprint density at radius 2 is 2.28 bits per heavy atom. The molecule has 1 aromatic rings. The molecule has 0 aliphatic carbocycles. The highest BCUT2D eigenvalue weighted by atomic mass is 16.5. The van der Waals surface area contributed by atoms with Gasteiger partial charge in [0.25, 0.3) is 5.91 Å². The number of ether oxygens (including phenoxy) is 1. The van der Waals surface area contributed by atoms with Gasteiger partial charge in [0.2, 0.25) is 0 Å². The summed E-state index contributed by atoms with van der Waals surface area (Å²) in [5.74, 6) is 0.648. The van der Waals surface area contributed by atoms with Crippen LogP contribution < -0.4 is 15.0 Å². The Balaban J connectivity index is 2.29. The zero-order valence-electron chi connectivity index (χ0n) is 10.8. The molecule has 1 N–H and O–H groups in total. The van der Waals surface area contributed by atoms with Crippen LogP contribution >= 0.6 is 0 Å². The molecule has 0 bridgehead atoms. The van der Waals surface area contributed by atoms with Gasteiger partial charge in [-0.2, -0.15) is 0 Å². The fourth-order valence-corrected chi connectivity index (χ4v) is 2.08. The number of fused-ring (bicyclic) bond motifs is 1. The molecule has 1 heterocycles. The quantitative estimate of drug-likeness (QED) is 0.823. The molecule has 1 aliphatic heterocycles. The maximum absolute atomic E-state index is 11.7. The van der Waals surface area contributed by atoms with E-state index in [4.69, 9.17) is 4.74 Å². The molecule has 18 heavy (non-hydrogen) atoms. The zero-order valence-corrected chi connectivity index (χ0v) is 10.8. The van der Waals surface area contributed by atoms with E-state index in [1.165, 1.54) is 0 Å². The van der Waals surface area contributed by atoms with E-state index in [1.54, 1.807) is 7.05 Å². The molecule has 0 fully saturated rings. The number of likely N-dealkylation sites (N-methyl/N-ethyl adjacent to an activating group) is 1. The number of anilines is 1. The average molecular weight is 246 g/mol. The minimum atomic E-state index is -0.468. The zero-order chi connectivity index (χ0) is 13.1. The van der Waals surface area contributed by atoms with Gasteiger partial charge in [0, 0.05) is 13.6 Å². The average Bonchev–Trinajstić information content (AvgIpc) is 2.37. The smallest absolute Gasteiger partial charge is 0.262 e. The van der Waals surface area contributed by atoms with E-state index in [-0.39, 0.29) is 5.91 Å².